The van der Waals surface area contributed by atoms with E-state index in [9.17, 15) is 9.59 Å². The molecular weight excluding hydrogens is 360 g/mol. The monoisotopic (exact) mass is 378 g/mol. The molecule has 0 unspecified atom stereocenters. The van der Waals surface area contributed by atoms with Crippen molar-refractivity contribution in [3.05, 3.63) is 53.1 Å². The van der Waals surface area contributed by atoms with Gasteiger partial charge in [-0.3, -0.25) is 9.59 Å². The maximum Gasteiger partial charge on any atom is 0.234 e. The van der Waals surface area contributed by atoms with Crippen LogP contribution < -0.4 is 15.4 Å². The molecule has 2 aromatic carbocycles. The fourth-order valence-corrected chi connectivity index (χ4v) is 2.91. The van der Waals surface area contributed by atoms with Crippen molar-refractivity contribution in [3.8, 4) is 5.75 Å². The molecule has 0 heterocycles. The quantitative estimate of drug-likeness (QED) is 0.765. The van der Waals surface area contributed by atoms with Gasteiger partial charge in [0.2, 0.25) is 11.8 Å². The summed E-state index contributed by atoms with van der Waals surface area (Å²) in [6, 6.07) is 12.3. The van der Waals surface area contributed by atoms with Gasteiger partial charge in [-0.25, -0.2) is 0 Å². The minimum atomic E-state index is -0.161. The maximum absolute atomic E-state index is 11.9. The largest absolute Gasteiger partial charge is 0.497 e. The summed E-state index contributed by atoms with van der Waals surface area (Å²) in [5.41, 5.74) is 2.30. The predicted molar refractivity (Wildman–Crippen MR) is 104 cm³/mol. The number of nitrogens with one attached hydrogen (secondary N) is 2. The third-order valence-electron chi connectivity index (χ3n) is 3.30. The Bertz CT molecular complexity index is 750. The summed E-state index contributed by atoms with van der Waals surface area (Å²) in [5, 5.41) is 6.20. The van der Waals surface area contributed by atoms with Gasteiger partial charge in [-0.05, 0) is 55.0 Å². The van der Waals surface area contributed by atoms with Crippen molar-refractivity contribution >= 4 is 46.6 Å². The van der Waals surface area contributed by atoms with Crippen LogP contribution in [0.1, 0.15) is 5.56 Å². The Kier molecular flexibility index (Phi) is 7.16. The van der Waals surface area contributed by atoms with Crippen LogP contribution in [0.4, 0.5) is 11.4 Å². The second kappa shape index (κ2) is 9.34. The highest BCUT2D eigenvalue weighted by atomic mass is 35.5. The number of ether oxygens (including phenoxy) is 1. The smallest absolute Gasteiger partial charge is 0.234 e. The zero-order valence-electron chi connectivity index (χ0n) is 14.0. The Morgan fingerprint density at radius 2 is 1.68 bits per heavy atom. The van der Waals surface area contributed by atoms with Crippen LogP contribution in [0.15, 0.2) is 42.5 Å². The lowest BCUT2D eigenvalue weighted by Crippen LogP contribution is -2.18. The number of halogens is 1. The van der Waals surface area contributed by atoms with Crippen molar-refractivity contribution in [1.82, 2.24) is 0 Å². The number of benzene rings is 2. The number of aryl methyl sites for hydroxylation is 1. The van der Waals surface area contributed by atoms with Gasteiger partial charge in [0.1, 0.15) is 5.75 Å². The van der Waals surface area contributed by atoms with Crippen LogP contribution in [0.3, 0.4) is 0 Å². The lowest BCUT2D eigenvalue weighted by atomic mass is 10.2. The molecule has 132 valence electrons. The zero-order chi connectivity index (χ0) is 18.2. The fraction of sp³-hybridized carbons (Fsp3) is 0.222. The van der Waals surface area contributed by atoms with Gasteiger partial charge in [0.15, 0.2) is 0 Å². The molecule has 0 aliphatic carbocycles. The van der Waals surface area contributed by atoms with Crippen molar-refractivity contribution in [3.63, 3.8) is 0 Å². The molecule has 7 heteroatoms. The van der Waals surface area contributed by atoms with E-state index in [4.69, 9.17) is 16.3 Å². The Hall–Kier alpha value is -2.18. The Morgan fingerprint density at radius 3 is 2.28 bits per heavy atom. The summed E-state index contributed by atoms with van der Waals surface area (Å²) in [6.07, 6.45) is 0. The summed E-state index contributed by atoms with van der Waals surface area (Å²) < 4.78 is 5.06. The molecule has 0 bridgehead atoms. The van der Waals surface area contributed by atoms with Crippen LogP contribution in [0.25, 0.3) is 0 Å². The highest BCUT2D eigenvalue weighted by Crippen LogP contribution is 2.20. The van der Waals surface area contributed by atoms with Crippen molar-refractivity contribution in [2.45, 2.75) is 6.92 Å². The van der Waals surface area contributed by atoms with Crippen LogP contribution in [0.5, 0.6) is 5.75 Å². The van der Waals surface area contributed by atoms with E-state index in [2.05, 4.69) is 10.6 Å². The summed E-state index contributed by atoms with van der Waals surface area (Å²) in [6.45, 7) is 1.87. The van der Waals surface area contributed by atoms with E-state index in [1.807, 2.05) is 6.92 Å². The number of hydrogen-bond donors (Lipinski definition) is 2. The Labute approximate surface area is 156 Å². The number of hydrogen-bond acceptors (Lipinski definition) is 4. The molecule has 0 aliphatic rings. The summed E-state index contributed by atoms with van der Waals surface area (Å²) >= 11 is 7.14. The molecule has 2 rings (SSSR count). The topological polar surface area (TPSA) is 67.4 Å². The molecular formula is C18H19ClN2O3S. The number of thioether (sulfide) groups is 1. The molecule has 0 radical (unpaired) electrons. The first-order valence-electron chi connectivity index (χ1n) is 7.55. The van der Waals surface area contributed by atoms with Gasteiger partial charge in [0.05, 0.1) is 18.6 Å². The number of methoxy groups -OCH3 is 1. The SMILES string of the molecule is COc1ccc(NC(=O)CSCC(=O)Nc2ccc(Cl)cc2C)cc1. The number of amides is 2. The molecule has 0 fully saturated rings. The molecule has 2 N–H and O–H groups in total. The van der Waals surface area contributed by atoms with Gasteiger partial charge >= 0.3 is 0 Å². The van der Waals surface area contributed by atoms with Crippen LogP contribution in [0, 0.1) is 6.92 Å². The Balaban J connectivity index is 1.73. The molecule has 0 aliphatic heterocycles. The lowest BCUT2D eigenvalue weighted by Gasteiger charge is -2.09. The first-order chi connectivity index (χ1) is 12.0. The number of rotatable bonds is 7. The van der Waals surface area contributed by atoms with Crippen molar-refractivity contribution in [2.24, 2.45) is 0 Å². The van der Waals surface area contributed by atoms with E-state index in [1.165, 1.54) is 11.8 Å². The van der Waals surface area contributed by atoms with Gasteiger partial charge in [0, 0.05) is 16.4 Å². The summed E-state index contributed by atoms with van der Waals surface area (Å²) in [7, 11) is 1.58. The minimum absolute atomic E-state index is 0.160. The van der Waals surface area contributed by atoms with Crippen LogP contribution in [-0.4, -0.2) is 30.4 Å². The van der Waals surface area contributed by atoms with E-state index < -0.39 is 0 Å². The number of anilines is 2. The molecule has 5 nitrogen and oxygen atoms in total. The zero-order valence-corrected chi connectivity index (χ0v) is 15.5. The third kappa shape index (κ3) is 6.32. The van der Waals surface area contributed by atoms with Crippen LogP contribution >= 0.6 is 23.4 Å². The van der Waals surface area contributed by atoms with Crippen LogP contribution in [-0.2, 0) is 9.59 Å². The molecule has 0 aromatic heterocycles. The van der Waals surface area contributed by atoms with Crippen molar-refractivity contribution in [1.29, 1.82) is 0 Å². The van der Waals surface area contributed by atoms with Gasteiger partial charge < -0.3 is 15.4 Å². The highest BCUT2D eigenvalue weighted by Gasteiger charge is 2.08. The molecule has 2 aromatic rings. The van der Waals surface area contributed by atoms with E-state index in [0.29, 0.717) is 10.7 Å². The first-order valence-corrected chi connectivity index (χ1v) is 9.09. The fourth-order valence-electron chi connectivity index (χ4n) is 2.06. The molecule has 0 spiro atoms. The Morgan fingerprint density at radius 1 is 1.04 bits per heavy atom. The lowest BCUT2D eigenvalue weighted by molar-refractivity contribution is -0.114. The van der Waals surface area contributed by atoms with E-state index in [-0.39, 0.29) is 23.3 Å². The van der Waals surface area contributed by atoms with Gasteiger partial charge in [-0.2, -0.15) is 0 Å². The minimum Gasteiger partial charge on any atom is -0.497 e. The third-order valence-corrected chi connectivity index (χ3v) is 4.47. The highest BCUT2D eigenvalue weighted by molar-refractivity contribution is 8.00. The van der Waals surface area contributed by atoms with Crippen molar-refractivity contribution < 1.29 is 14.3 Å². The molecule has 2 amide bonds. The normalized spacial score (nSPS) is 10.2. The van der Waals surface area contributed by atoms with E-state index >= 15 is 0 Å². The van der Waals surface area contributed by atoms with Gasteiger partial charge in [-0.1, -0.05) is 11.6 Å². The van der Waals surface area contributed by atoms with E-state index in [1.54, 1.807) is 49.6 Å². The predicted octanol–water partition coefficient (Wildman–Crippen LogP) is 3.97. The summed E-state index contributed by atoms with van der Waals surface area (Å²) in [4.78, 5) is 23.8. The van der Waals surface area contributed by atoms with Crippen LogP contribution in [0.2, 0.25) is 5.02 Å². The average molecular weight is 379 g/mol. The molecule has 0 saturated heterocycles. The standard InChI is InChI=1S/C18H19ClN2O3S/c1-12-9-13(19)3-8-16(12)21-18(23)11-25-10-17(22)20-14-4-6-15(24-2)7-5-14/h3-9H,10-11H2,1-2H3,(H,20,22)(H,21,23). The average Bonchev–Trinajstić information content (AvgIpc) is 2.58. The number of carbonyl (C=O) groups is 2. The van der Waals surface area contributed by atoms with Crippen molar-refractivity contribution in [2.75, 3.05) is 29.2 Å². The van der Waals surface area contributed by atoms with Gasteiger partial charge in [0.25, 0.3) is 0 Å². The van der Waals surface area contributed by atoms with Gasteiger partial charge in [-0.15, -0.1) is 11.8 Å². The second-order valence-electron chi connectivity index (χ2n) is 5.28. The first kappa shape index (κ1) is 19.1. The summed E-state index contributed by atoms with van der Waals surface area (Å²) in [5.74, 6) is 0.789. The molecule has 0 atom stereocenters. The number of carbonyl (C=O) groups excluding carboxylic acids is 2. The maximum atomic E-state index is 11.9. The molecule has 0 saturated carbocycles. The van der Waals surface area contributed by atoms with E-state index in [0.717, 1.165) is 17.0 Å². The second-order valence-corrected chi connectivity index (χ2v) is 6.70. The molecule has 25 heavy (non-hydrogen) atoms.